The molecule has 0 atom stereocenters. The molecule has 1 amide bonds. The number of sulfone groups is 1. The molecule has 92 valence electrons. The topological polar surface area (TPSA) is 78.2 Å². The second kappa shape index (κ2) is 7.23. The van der Waals surface area contributed by atoms with Gasteiger partial charge in [0.1, 0.15) is 5.75 Å². The molecule has 0 aromatic carbocycles. The molecule has 0 saturated heterocycles. The predicted molar refractivity (Wildman–Crippen MR) is 61.4 cm³/mol. The maximum atomic E-state index is 11.5. The standard InChI is InChI=1S/C10H18N2O3S/c1-3-12(4-2)10(13)9-16(14,15)8-6-5-7-11/h3-6,8-9H2,1-2H3. The summed E-state index contributed by atoms with van der Waals surface area (Å²) in [6, 6.07) is 1.88. The van der Waals surface area contributed by atoms with Gasteiger partial charge >= 0.3 is 0 Å². The fraction of sp³-hybridized carbons (Fsp3) is 0.800. The molecule has 16 heavy (non-hydrogen) atoms. The van der Waals surface area contributed by atoms with Crippen molar-refractivity contribution in [3.8, 4) is 6.07 Å². The van der Waals surface area contributed by atoms with E-state index in [1.807, 2.05) is 19.9 Å². The molecule has 0 radical (unpaired) electrons. The van der Waals surface area contributed by atoms with Gasteiger partial charge in [-0.15, -0.1) is 0 Å². The summed E-state index contributed by atoms with van der Waals surface area (Å²) in [5.41, 5.74) is 0. The van der Waals surface area contributed by atoms with Crippen LogP contribution in [-0.4, -0.2) is 43.8 Å². The summed E-state index contributed by atoms with van der Waals surface area (Å²) in [5, 5.41) is 8.29. The smallest absolute Gasteiger partial charge is 0.237 e. The SMILES string of the molecule is CCN(CC)C(=O)CS(=O)(=O)CCCC#N. The highest BCUT2D eigenvalue weighted by Crippen LogP contribution is 2.00. The molecule has 0 heterocycles. The molecular weight excluding hydrogens is 228 g/mol. The lowest BCUT2D eigenvalue weighted by Gasteiger charge is -2.18. The van der Waals surface area contributed by atoms with Crippen LogP contribution in [0.5, 0.6) is 0 Å². The normalized spacial score (nSPS) is 10.8. The Hall–Kier alpha value is -1.09. The van der Waals surface area contributed by atoms with Gasteiger partial charge in [-0.05, 0) is 20.3 Å². The summed E-state index contributed by atoms with van der Waals surface area (Å²) in [5.74, 6) is -0.893. The Balaban J connectivity index is 4.26. The number of nitrogens with zero attached hydrogens (tertiary/aromatic N) is 2. The van der Waals surface area contributed by atoms with Crippen molar-refractivity contribution >= 4 is 15.7 Å². The third kappa shape index (κ3) is 5.71. The van der Waals surface area contributed by atoms with E-state index in [2.05, 4.69) is 0 Å². The van der Waals surface area contributed by atoms with E-state index in [1.54, 1.807) is 0 Å². The number of nitriles is 1. The summed E-state index contributed by atoms with van der Waals surface area (Å²) in [6.45, 7) is 4.65. The number of amides is 1. The zero-order valence-corrected chi connectivity index (χ0v) is 10.6. The van der Waals surface area contributed by atoms with Crippen LogP contribution in [0.1, 0.15) is 26.7 Å². The van der Waals surface area contributed by atoms with E-state index in [0.29, 0.717) is 19.5 Å². The monoisotopic (exact) mass is 246 g/mol. The zero-order valence-electron chi connectivity index (χ0n) is 9.77. The molecule has 0 aromatic heterocycles. The first kappa shape index (κ1) is 14.9. The Morgan fingerprint density at radius 2 is 1.88 bits per heavy atom. The van der Waals surface area contributed by atoms with Crippen LogP contribution in [-0.2, 0) is 14.6 Å². The number of hydrogen-bond donors (Lipinski definition) is 0. The highest BCUT2D eigenvalue weighted by Gasteiger charge is 2.19. The quantitative estimate of drug-likeness (QED) is 0.615. The van der Waals surface area contributed by atoms with Crippen molar-refractivity contribution in [1.82, 2.24) is 4.90 Å². The number of carbonyl (C=O) groups is 1. The lowest BCUT2D eigenvalue weighted by Crippen LogP contribution is -2.36. The van der Waals surface area contributed by atoms with E-state index in [4.69, 9.17) is 5.26 Å². The number of rotatable bonds is 7. The minimum Gasteiger partial charge on any atom is -0.342 e. The molecular formula is C10H18N2O3S. The predicted octanol–water partition coefficient (Wildman–Crippen LogP) is 0.573. The molecule has 0 saturated carbocycles. The van der Waals surface area contributed by atoms with Crippen molar-refractivity contribution in [3.05, 3.63) is 0 Å². The number of unbranched alkanes of at least 4 members (excludes halogenated alkanes) is 1. The third-order valence-corrected chi connectivity index (χ3v) is 3.80. The first-order valence-corrected chi connectivity index (χ1v) is 7.14. The summed E-state index contributed by atoms with van der Waals surface area (Å²) < 4.78 is 23.0. The van der Waals surface area contributed by atoms with Crippen molar-refractivity contribution in [1.29, 1.82) is 5.26 Å². The lowest BCUT2D eigenvalue weighted by atomic mass is 10.4. The van der Waals surface area contributed by atoms with Gasteiger partial charge in [0.05, 0.1) is 11.8 Å². The van der Waals surface area contributed by atoms with Crippen molar-refractivity contribution < 1.29 is 13.2 Å². The molecule has 5 nitrogen and oxygen atoms in total. The Bertz CT molecular complexity index is 353. The van der Waals surface area contributed by atoms with Gasteiger partial charge in [-0.25, -0.2) is 8.42 Å². The second-order valence-electron chi connectivity index (χ2n) is 3.42. The van der Waals surface area contributed by atoms with Gasteiger partial charge in [0.25, 0.3) is 0 Å². The molecule has 0 bridgehead atoms. The molecule has 0 unspecified atom stereocenters. The molecule has 0 rings (SSSR count). The van der Waals surface area contributed by atoms with Crippen LogP contribution < -0.4 is 0 Å². The second-order valence-corrected chi connectivity index (χ2v) is 5.60. The average Bonchev–Trinajstić information content (AvgIpc) is 2.18. The van der Waals surface area contributed by atoms with Gasteiger partial charge in [-0.1, -0.05) is 0 Å². The van der Waals surface area contributed by atoms with E-state index in [0.717, 1.165) is 0 Å². The third-order valence-electron chi connectivity index (χ3n) is 2.20. The van der Waals surface area contributed by atoms with Crippen LogP contribution in [0.4, 0.5) is 0 Å². The van der Waals surface area contributed by atoms with Crippen LogP contribution in [0.3, 0.4) is 0 Å². The molecule has 0 spiro atoms. The lowest BCUT2D eigenvalue weighted by molar-refractivity contribution is -0.128. The fourth-order valence-electron chi connectivity index (χ4n) is 1.30. The van der Waals surface area contributed by atoms with Gasteiger partial charge in [0, 0.05) is 19.5 Å². The van der Waals surface area contributed by atoms with Crippen molar-refractivity contribution in [2.45, 2.75) is 26.7 Å². The zero-order chi connectivity index (χ0) is 12.6. The maximum Gasteiger partial charge on any atom is 0.237 e. The van der Waals surface area contributed by atoms with Crippen LogP contribution >= 0.6 is 0 Å². The number of hydrogen-bond acceptors (Lipinski definition) is 4. The molecule has 0 aromatic rings. The highest BCUT2D eigenvalue weighted by molar-refractivity contribution is 7.92. The van der Waals surface area contributed by atoms with Crippen molar-refractivity contribution in [3.63, 3.8) is 0 Å². The van der Waals surface area contributed by atoms with Gasteiger partial charge in [0.15, 0.2) is 9.84 Å². The van der Waals surface area contributed by atoms with Crippen LogP contribution in [0.2, 0.25) is 0 Å². The van der Waals surface area contributed by atoms with E-state index in [1.165, 1.54) is 4.90 Å². The summed E-state index contributed by atoms with van der Waals surface area (Å²) in [7, 11) is -3.36. The Labute approximate surface area is 97.0 Å². The Morgan fingerprint density at radius 3 is 2.31 bits per heavy atom. The summed E-state index contributed by atoms with van der Waals surface area (Å²) in [4.78, 5) is 13.0. The Morgan fingerprint density at radius 1 is 1.31 bits per heavy atom. The summed E-state index contributed by atoms with van der Waals surface area (Å²) >= 11 is 0. The van der Waals surface area contributed by atoms with E-state index >= 15 is 0 Å². The summed E-state index contributed by atoms with van der Waals surface area (Å²) in [6.07, 6.45) is 0.503. The molecule has 0 aliphatic heterocycles. The maximum absolute atomic E-state index is 11.5. The molecule has 0 N–H and O–H groups in total. The van der Waals surface area contributed by atoms with E-state index in [9.17, 15) is 13.2 Å². The van der Waals surface area contributed by atoms with Crippen molar-refractivity contribution in [2.24, 2.45) is 0 Å². The molecule has 0 fully saturated rings. The first-order valence-electron chi connectivity index (χ1n) is 5.32. The van der Waals surface area contributed by atoms with Gasteiger partial charge in [-0.3, -0.25) is 4.79 Å². The fourth-order valence-corrected chi connectivity index (χ4v) is 2.59. The van der Waals surface area contributed by atoms with Crippen LogP contribution in [0.15, 0.2) is 0 Å². The van der Waals surface area contributed by atoms with Gasteiger partial charge in [0.2, 0.25) is 5.91 Å². The minimum absolute atomic E-state index is 0.0897. The van der Waals surface area contributed by atoms with Crippen LogP contribution in [0.25, 0.3) is 0 Å². The van der Waals surface area contributed by atoms with Gasteiger partial charge in [-0.2, -0.15) is 5.26 Å². The highest BCUT2D eigenvalue weighted by atomic mass is 32.2. The average molecular weight is 246 g/mol. The van der Waals surface area contributed by atoms with Crippen molar-refractivity contribution in [2.75, 3.05) is 24.6 Å². The first-order chi connectivity index (χ1) is 7.46. The van der Waals surface area contributed by atoms with Gasteiger partial charge < -0.3 is 4.90 Å². The van der Waals surface area contributed by atoms with Crippen LogP contribution in [0, 0.1) is 11.3 Å². The number of carbonyl (C=O) groups excluding carboxylic acids is 1. The van der Waals surface area contributed by atoms with E-state index < -0.39 is 15.6 Å². The molecule has 0 aliphatic rings. The molecule has 0 aliphatic carbocycles. The molecule has 6 heteroatoms. The Kier molecular flexibility index (Phi) is 6.74. The largest absolute Gasteiger partial charge is 0.342 e. The van der Waals surface area contributed by atoms with E-state index in [-0.39, 0.29) is 18.1 Å². The minimum atomic E-state index is -3.36.